The van der Waals surface area contributed by atoms with Crippen LogP contribution in [0.4, 0.5) is 0 Å². The molecule has 0 aromatic heterocycles. The van der Waals surface area contributed by atoms with Crippen molar-refractivity contribution in [3.8, 4) is 0 Å². The smallest absolute Gasteiger partial charge is 0.00229 e. The molecular weight excluding hydrogens is 218 g/mol. The van der Waals surface area contributed by atoms with Gasteiger partial charge in [-0.25, -0.2) is 0 Å². The van der Waals surface area contributed by atoms with Crippen molar-refractivity contribution in [3.63, 3.8) is 0 Å². The van der Waals surface area contributed by atoms with Crippen LogP contribution in [0.5, 0.6) is 0 Å². The van der Waals surface area contributed by atoms with E-state index in [1.165, 1.54) is 24.0 Å². The minimum Gasteiger partial charge on any atom is -0.316 e. The third-order valence-electron chi connectivity index (χ3n) is 3.40. The third kappa shape index (κ3) is 6.20. The fourth-order valence-electron chi connectivity index (χ4n) is 2.08. The van der Waals surface area contributed by atoms with Gasteiger partial charge in [0.25, 0.3) is 0 Å². The summed E-state index contributed by atoms with van der Waals surface area (Å²) in [5.41, 5.74) is 2.91. The molecule has 1 heteroatoms. The Hall–Kier alpha value is -0.820. The molecule has 0 fully saturated rings. The summed E-state index contributed by atoms with van der Waals surface area (Å²) in [6.45, 7) is 11.3. The Morgan fingerprint density at radius 3 is 2.11 bits per heavy atom. The van der Waals surface area contributed by atoms with E-state index in [1.54, 1.807) is 0 Å². The van der Waals surface area contributed by atoms with Crippen LogP contribution in [0.15, 0.2) is 24.3 Å². The molecular formula is C17H29N. The highest BCUT2D eigenvalue weighted by Gasteiger charge is 2.03. The van der Waals surface area contributed by atoms with Gasteiger partial charge in [-0.1, -0.05) is 52.0 Å². The fraction of sp³-hybridized carbons (Fsp3) is 0.647. The van der Waals surface area contributed by atoms with E-state index in [9.17, 15) is 0 Å². The van der Waals surface area contributed by atoms with Crippen LogP contribution in [0.1, 0.15) is 45.2 Å². The largest absolute Gasteiger partial charge is 0.316 e. The topological polar surface area (TPSA) is 12.0 Å². The van der Waals surface area contributed by atoms with Gasteiger partial charge in [-0.2, -0.15) is 0 Å². The SMILES string of the molecule is CCc1ccc(CCC(C)CNCC(C)C)cc1. The van der Waals surface area contributed by atoms with Crippen molar-refractivity contribution < 1.29 is 0 Å². The highest BCUT2D eigenvalue weighted by Crippen LogP contribution is 2.11. The number of nitrogens with one attached hydrogen (secondary N) is 1. The van der Waals surface area contributed by atoms with Crippen molar-refractivity contribution in [3.05, 3.63) is 35.4 Å². The van der Waals surface area contributed by atoms with Gasteiger partial charge in [-0.15, -0.1) is 0 Å². The van der Waals surface area contributed by atoms with Gasteiger partial charge in [0.1, 0.15) is 0 Å². The van der Waals surface area contributed by atoms with Crippen LogP contribution in [0.3, 0.4) is 0 Å². The Morgan fingerprint density at radius 1 is 0.944 bits per heavy atom. The minimum absolute atomic E-state index is 0.749. The van der Waals surface area contributed by atoms with Crippen molar-refractivity contribution in [1.29, 1.82) is 0 Å². The predicted octanol–water partition coefficient (Wildman–Crippen LogP) is 4.06. The van der Waals surface area contributed by atoms with Gasteiger partial charge < -0.3 is 5.32 Å². The zero-order valence-corrected chi connectivity index (χ0v) is 12.5. The van der Waals surface area contributed by atoms with E-state index in [1.807, 2.05) is 0 Å². The Balaban J connectivity index is 2.22. The number of hydrogen-bond donors (Lipinski definition) is 1. The van der Waals surface area contributed by atoms with Crippen LogP contribution in [0.2, 0.25) is 0 Å². The number of aryl methyl sites for hydroxylation is 2. The number of benzene rings is 1. The first-order valence-corrected chi connectivity index (χ1v) is 7.40. The predicted molar refractivity (Wildman–Crippen MR) is 81.0 cm³/mol. The Morgan fingerprint density at radius 2 is 1.56 bits per heavy atom. The highest BCUT2D eigenvalue weighted by molar-refractivity contribution is 5.22. The monoisotopic (exact) mass is 247 g/mol. The molecule has 1 unspecified atom stereocenters. The molecule has 1 rings (SSSR count). The van der Waals surface area contributed by atoms with Gasteiger partial charge in [0.15, 0.2) is 0 Å². The average molecular weight is 247 g/mol. The maximum absolute atomic E-state index is 3.54. The Kier molecular flexibility index (Phi) is 7.04. The molecule has 1 nitrogen and oxygen atoms in total. The quantitative estimate of drug-likeness (QED) is 0.730. The van der Waals surface area contributed by atoms with Crippen molar-refractivity contribution in [2.45, 2.75) is 47.0 Å². The van der Waals surface area contributed by atoms with Crippen molar-refractivity contribution >= 4 is 0 Å². The van der Waals surface area contributed by atoms with Crippen LogP contribution >= 0.6 is 0 Å². The molecule has 0 bridgehead atoms. The summed E-state index contributed by atoms with van der Waals surface area (Å²) in [6, 6.07) is 9.09. The van der Waals surface area contributed by atoms with Crippen LogP contribution in [0.25, 0.3) is 0 Å². The summed E-state index contributed by atoms with van der Waals surface area (Å²) >= 11 is 0. The van der Waals surface area contributed by atoms with Crippen LogP contribution in [-0.4, -0.2) is 13.1 Å². The molecule has 1 aromatic rings. The standard InChI is InChI=1S/C17H29N/c1-5-16-8-10-17(11-9-16)7-6-15(4)13-18-12-14(2)3/h8-11,14-15,18H,5-7,12-13H2,1-4H3. The van der Waals surface area contributed by atoms with Crippen molar-refractivity contribution in [1.82, 2.24) is 5.32 Å². The van der Waals surface area contributed by atoms with Gasteiger partial charge in [-0.3, -0.25) is 0 Å². The van der Waals surface area contributed by atoms with Gasteiger partial charge in [0, 0.05) is 0 Å². The van der Waals surface area contributed by atoms with Gasteiger partial charge >= 0.3 is 0 Å². The van der Waals surface area contributed by atoms with E-state index in [2.05, 4.69) is 57.3 Å². The van der Waals surface area contributed by atoms with E-state index in [0.717, 1.165) is 31.3 Å². The molecule has 0 amide bonds. The van der Waals surface area contributed by atoms with E-state index >= 15 is 0 Å². The maximum Gasteiger partial charge on any atom is -0.00229 e. The Labute approximate surface area is 113 Å². The zero-order chi connectivity index (χ0) is 13.4. The first kappa shape index (κ1) is 15.2. The fourth-order valence-corrected chi connectivity index (χ4v) is 2.08. The molecule has 0 aliphatic heterocycles. The summed E-state index contributed by atoms with van der Waals surface area (Å²) in [7, 11) is 0. The number of hydrogen-bond acceptors (Lipinski definition) is 1. The van der Waals surface area contributed by atoms with E-state index in [-0.39, 0.29) is 0 Å². The molecule has 0 saturated carbocycles. The van der Waals surface area contributed by atoms with E-state index < -0.39 is 0 Å². The molecule has 0 radical (unpaired) electrons. The van der Waals surface area contributed by atoms with Crippen LogP contribution < -0.4 is 5.32 Å². The molecule has 1 atom stereocenters. The summed E-state index contributed by atoms with van der Waals surface area (Å²) in [4.78, 5) is 0. The molecule has 0 saturated heterocycles. The lowest BCUT2D eigenvalue weighted by Crippen LogP contribution is -2.25. The van der Waals surface area contributed by atoms with Crippen molar-refractivity contribution in [2.24, 2.45) is 11.8 Å². The zero-order valence-electron chi connectivity index (χ0n) is 12.5. The van der Waals surface area contributed by atoms with E-state index in [4.69, 9.17) is 0 Å². The normalized spacial score (nSPS) is 12.9. The van der Waals surface area contributed by atoms with Crippen LogP contribution in [-0.2, 0) is 12.8 Å². The van der Waals surface area contributed by atoms with E-state index in [0.29, 0.717) is 0 Å². The first-order chi connectivity index (χ1) is 8.61. The summed E-state index contributed by atoms with van der Waals surface area (Å²) < 4.78 is 0. The van der Waals surface area contributed by atoms with Crippen molar-refractivity contribution in [2.75, 3.05) is 13.1 Å². The molecule has 102 valence electrons. The Bertz CT molecular complexity index is 313. The highest BCUT2D eigenvalue weighted by atomic mass is 14.9. The lowest BCUT2D eigenvalue weighted by Gasteiger charge is -2.14. The minimum atomic E-state index is 0.749. The molecule has 0 aliphatic carbocycles. The average Bonchev–Trinajstić information content (AvgIpc) is 2.36. The second-order valence-corrected chi connectivity index (χ2v) is 5.87. The molecule has 1 N–H and O–H groups in total. The third-order valence-corrected chi connectivity index (χ3v) is 3.40. The first-order valence-electron chi connectivity index (χ1n) is 7.40. The summed E-state index contributed by atoms with van der Waals surface area (Å²) in [6.07, 6.45) is 3.61. The summed E-state index contributed by atoms with van der Waals surface area (Å²) in [5.74, 6) is 1.51. The summed E-state index contributed by atoms with van der Waals surface area (Å²) in [5, 5.41) is 3.54. The van der Waals surface area contributed by atoms with Gasteiger partial charge in [0.05, 0.1) is 0 Å². The molecule has 0 aliphatic rings. The second-order valence-electron chi connectivity index (χ2n) is 5.87. The van der Waals surface area contributed by atoms with Crippen LogP contribution in [0, 0.1) is 11.8 Å². The lowest BCUT2D eigenvalue weighted by atomic mass is 9.99. The lowest BCUT2D eigenvalue weighted by molar-refractivity contribution is 0.454. The van der Waals surface area contributed by atoms with Gasteiger partial charge in [-0.05, 0) is 55.3 Å². The second kappa shape index (κ2) is 8.31. The molecule has 18 heavy (non-hydrogen) atoms. The van der Waals surface area contributed by atoms with Gasteiger partial charge in [0.2, 0.25) is 0 Å². The molecule has 1 aromatic carbocycles. The molecule has 0 spiro atoms. The maximum atomic E-state index is 3.54. The number of rotatable bonds is 8. The molecule has 0 heterocycles.